The van der Waals surface area contributed by atoms with E-state index in [-0.39, 0.29) is 11.5 Å². The van der Waals surface area contributed by atoms with Gasteiger partial charge in [0.05, 0.1) is 19.9 Å². The molecule has 0 fully saturated rings. The highest BCUT2D eigenvalue weighted by molar-refractivity contribution is 6.05. The number of carbonyl (C=O) groups is 1. The highest BCUT2D eigenvalue weighted by Gasteiger charge is 2.13. The number of nitrogens with zero attached hydrogens (tertiary/aromatic N) is 1. The minimum atomic E-state index is -0.310. The van der Waals surface area contributed by atoms with Crippen LogP contribution in [0.3, 0.4) is 0 Å². The van der Waals surface area contributed by atoms with Crippen LogP contribution >= 0.6 is 0 Å². The molecule has 0 radical (unpaired) electrons. The van der Waals surface area contributed by atoms with Crippen molar-refractivity contribution < 1.29 is 18.7 Å². The number of hydrogen-bond acceptors (Lipinski definition) is 5. The molecule has 0 atom stereocenters. The molecule has 0 bridgehead atoms. The van der Waals surface area contributed by atoms with E-state index in [1.165, 1.54) is 0 Å². The molecule has 6 nitrogen and oxygen atoms in total. The average molecular weight is 400 g/mol. The second-order valence-corrected chi connectivity index (χ2v) is 6.47. The summed E-state index contributed by atoms with van der Waals surface area (Å²) in [6.07, 6.45) is 0. The van der Waals surface area contributed by atoms with Crippen LogP contribution in [0, 0.1) is 0 Å². The van der Waals surface area contributed by atoms with Crippen LogP contribution in [0.25, 0.3) is 11.0 Å². The normalized spacial score (nSPS) is 11.3. The molecule has 3 aromatic carbocycles. The Hall–Kier alpha value is -4.06. The molecule has 1 N–H and O–H groups in total. The maximum absolute atomic E-state index is 13.0. The van der Waals surface area contributed by atoms with E-state index in [1.807, 2.05) is 54.6 Å². The number of para-hydroxylation sites is 2. The number of carbonyl (C=O) groups excluding carboxylic acids is 1. The van der Waals surface area contributed by atoms with E-state index in [1.54, 1.807) is 38.5 Å². The molecule has 0 saturated carbocycles. The summed E-state index contributed by atoms with van der Waals surface area (Å²) < 4.78 is 16.6. The van der Waals surface area contributed by atoms with Crippen LogP contribution in [-0.2, 0) is 0 Å². The van der Waals surface area contributed by atoms with Crippen LogP contribution in [0.1, 0.15) is 10.4 Å². The number of ether oxygens (including phenoxy) is 2. The van der Waals surface area contributed by atoms with Crippen molar-refractivity contribution in [3.05, 3.63) is 90.0 Å². The van der Waals surface area contributed by atoms with Gasteiger partial charge in [0.15, 0.2) is 11.5 Å². The van der Waals surface area contributed by atoms with Gasteiger partial charge in [0.2, 0.25) is 5.55 Å². The third-order valence-electron chi connectivity index (χ3n) is 4.53. The van der Waals surface area contributed by atoms with Gasteiger partial charge in [-0.1, -0.05) is 36.4 Å². The van der Waals surface area contributed by atoms with Crippen LogP contribution in [0.4, 0.5) is 11.4 Å². The zero-order valence-corrected chi connectivity index (χ0v) is 16.6. The maximum Gasteiger partial charge on any atom is 0.261 e. The topological polar surface area (TPSA) is 73.1 Å². The largest absolute Gasteiger partial charge is 0.493 e. The molecule has 1 aromatic heterocycles. The lowest BCUT2D eigenvalue weighted by atomic mass is 10.1. The number of benzene rings is 3. The van der Waals surface area contributed by atoms with Crippen molar-refractivity contribution in [1.82, 2.24) is 0 Å². The summed E-state index contributed by atoms with van der Waals surface area (Å²) in [4.78, 5) is 17.6. The molecule has 1 heterocycles. The van der Waals surface area contributed by atoms with Crippen LogP contribution in [0.5, 0.6) is 11.5 Å². The van der Waals surface area contributed by atoms with E-state index < -0.39 is 0 Å². The Bertz CT molecular complexity index is 1260. The number of amides is 1. The average Bonchev–Trinajstić information content (AvgIpc) is 2.79. The number of hydrogen-bond donors (Lipinski definition) is 1. The summed E-state index contributed by atoms with van der Waals surface area (Å²) in [5.41, 5.74) is 2.42. The Balaban J connectivity index is 1.84. The van der Waals surface area contributed by atoms with Crippen molar-refractivity contribution in [3.63, 3.8) is 0 Å². The standard InChI is InChI=1S/C24H20N2O4/c1-28-21-13-12-18(15-22(21)29-2)26-24-19(14-16-8-6-7-11-20(16)30-24)23(27)25-17-9-4-3-5-10-17/h3-15H,1-2H3,(H,25,27). The van der Waals surface area contributed by atoms with Gasteiger partial charge in [-0.05, 0) is 36.4 Å². The molecule has 0 spiro atoms. The lowest BCUT2D eigenvalue weighted by Gasteiger charge is -2.08. The zero-order valence-electron chi connectivity index (χ0n) is 16.6. The first kappa shape index (κ1) is 19.3. The summed E-state index contributed by atoms with van der Waals surface area (Å²) in [5.74, 6) is 0.818. The molecule has 0 aliphatic carbocycles. The van der Waals surface area contributed by atoms with Gasteiger partial charge in [-0.2, -0.15) is 0 Å². The SMILES string of the molecule is COc1ccc(N=c2oc3ccccc3cc2C(=O)Nc2ccccc2)cc1OC. The highest BCUT2D eigenvalue weighted by atomic mass is 16.5. The first-order valence-corrected chi connectivity index (χ1v) is 9.34. The zero-order chi connectivity index (χ0) is 20.9. The Labute approximate surface area is 173 Å². The van der Waals surface area contributed by atoms with Gasteiger partial charge in [-0.25, -0.2) is 4.99 Å². The molecule has 150 valence electrons. The monoisotopic (exact) mass is 400 g/mol. The molecule has 1 amide bonds. The van der Waals surface area contributed by atoms with Gasteiger partial charge >= 0.3 is 0 Å². The number of anilines is 1. The molecule has 4 rings (SSSR count). The Kier molecular flexibility index (Phi) is 5.48. The van der Waals surface area contributed by atoms with Crippen LogP contribution < -0.4 is 20.3 Å². The van der Waals surface area contributed by atoms with E-state index >= 15 is 0 Å². The Morgan fingerprint density at radius 2 is 1.60 bits per heavy atom. The third kappa shape index (κ3) is 4.03. The highest BCUT2D eigenvalue weighted by Crippen LogP contribution is 2.31. The molecule has 0 unspecified atom stereocenters. The van der Waals surface area contributed by atoms with Crippen molar-refractivity contribution in [2.45, 2.75) is 0 Å². The third-order valence-corrected chi connectivity index (χ3v) is 4.53. The summed E-state index contributed by atoms with van der Waals surface area (Å²) in [7, 11) is 3.13. The van der Waals surface area contributed by atoms with Crippen molar-refractivity contribution in [3.8, 4) is 11.5 Å². The van der Waals surface area contributed by atoms with Crippen molar-refractivity contribution >= 4 is 28.3 Å². The molecule has 30 heavy (non-hydrogen) atoms. The minimum absolute atomic E-state index is 0.203. The second kappa shape index (κ2) is 8.53. The number of methoxy groups -OCH3 is 2. The maximum atomic E-state index is 13.0. The minimum Gasteiger partial charge on any atom is -0.493 e. The van der Waals surface area contributed by atoms with E-state index in [9.17, 15) is 4.79 Å². The van der Waals surface area contributed by atoms with E-state index in [4.69, 9.17) is 13.9 Å². The quantitative estimate of drug-likeness (QED) is 0.515. The smallest absolute Gasteiger partial charge is 0.261 e. The molecule has 6 heteroatoms. The summed E-state index contributed by atoms with van der Waals surface area (Å²) >= 11 is 0. The van der Waals surface area contributed by atoms with Crippen LogP contribution in [0.15, 0.2) is 88.3 Å². The first-order chi connectivity index (χ1) is 14.7. The lowest BCUT2D eigenvalue weighted by molar-refractivity contribution is 0.102. The molecular formula is C24H20N2O4. The molecule has 0 aliphatic rings. The van der Waals surface area contributed by atoms with Gasteiger partial charge in [-0.15, -0.1) is 0 Å². The molecular weight excluding hydrogens is 380 g/mol. The van der Waals surface area contributed by atoms with Gasteiger partial charge in [-0.3, -0.25) is 4.79 Å². The number of fused-ring (bicyclic) bond motifs is 1. The van der Waals surface area contributed by atoms with E-state index in [2.05, 4.69) is 10.3 Å². The van der Waals surface area contributed by atoms with Crippen molar-refractivity contribution in [2.75, 3.05) is 19.5 Å². The van der Waals surface area contributed by atoms with E-state index in [0.29, 0.717) is 34.0 Å². The summed E-state index contributed by atoms with van der Waals surface area (Å²) in [5, 5.41) is 3.69. The van der Waals surface area contributed by atoms with E-state index in [0.717, 1.165) is 5.39 Å². The summed E-state index contributed by atoms with van der Waals surface area (Å²) in [6.45, 7) is 0. The predicted molar refractivity (Wildman–Crippen MR) is 115 cm³/mol. The van der Waals surface area contributed by atoms with Gasteiger partial charge in [0, 0.05) is 17.1 Å². The Morgan fingerprint density at radius 1 is 0.867 bits per heavy atom. The van der Waals surface area contributed by atoms with Crippen LogP contribution in [0.2, 0.25) is 0 Å². The fraction of sp³-hybridized carbons (Fsp3) is 0.0833. The fourth-order valence-electron chi connectivity index (χ4n) is 3.05. The predicted octanol–water partition coefficient (Wildman–Crippen LogP) is 4.93. The van der Waals surface area contributed by atoms with Gasteiger partial charge < -0.3 is 19.2 Å². The summed E-state index contributed by atoms with van der Waals surface area (Å²) in [6, 6.07) is 23.7. The Morgan fingerprint density at radius 3 is 2.37 bits per heavy atom. The first-order valence-electron chi connectivity index (χ1n) is 9.34. The van der Waals surface area contributed by atoms with Gasteiger partial charge in [0.1, 0.15) is 11.1 Å². The van der Waals surface area contributed by atoms with Crippen LogP contribution in [-0.4, -0.2) is 20.1 Å². The molecule has 0 aliphatic heterocycles. The van der Waals surface area contributed by atoms with Gasteiger partial charge in [0.25, 0.3) is 5.91 Å². The molecule has 4 aromatic rings. The number of nitrogens with one attached hydrogen (secondary N) is 1. The lowest BCUT2D eigenvalue weighted by Crippen LogP contribution is -2.21. The van der Waals surface area contributed by atoms with Crippen molar-refractivity contribution in [1.29, 1.82) is 0 Å². The fourth-order valence-corrected chi connectivity index (χ4v) is 3.05. The second-order valence-electron chi connectivity index (χ2n) is 6.47. The number of rotatable bonds is 5. The molecule has 0 saturated heterocycles. The van der Waals surface area contributed by atoms with Crippen molar-refractivity contribution in [2.24, 2.45) is 4.99 Å².